The van der Waals surface area contributed by atoms with E-state index >= 15 is 0 Å². The number of carbonyl (C=O) groups excluding carboxylic acids is 1. The van der Waals surface area contributed by atoms with Gasteiger partial charge in [0.2, 0.25) is 5.91 Å². The highest BCUT2D eigenvalue weighted by Gasteiger charge is 2.13. The molecule has 0 fully saturated rings. The summed E-state index contributed by atoms with van der Waals surface area (Å²) >= 11 is 0. The molecule has 0 aliphatic rings. The van der Waals surface area contributed by atoms with E-state index in [4.69, 9.17) is 5.73 Å². The summed E-state index contributed by atoms with van der Waals surface area (Å²) in [7, 11) is 0. The first kappa shape index (κ1) is 20.4. The molecule has 0 spiro atoms. The minimum atomic E-state index is -0.508. The van der Waals surface area contributed by atoms with Crippen LogP contribution in [0.25, 0.3) is 0 Å². The molecule has 0 aliphatic carbocycles. The molecular weight excluding hydrogens is 321 g/mol. The lowest BCUT2D eigenvalue weighted by molar-refractivity contribution is -0.122. The lowest BCUT2D eigenvalue weighted by Crippen LogP contribution is -2.42. The van der Waals surface area contributed by atoms with Crippen LogP contribution in [0.4, 0.5) is 0 Å². The number of pyridine rings is 1. The monoisotopic (exact) mass is 341 g/mol. The molecule has 4 nitrogen and oxygen atoms in total. The van der Waals surface area contributed by atoms with Crippen LogP contribution in [-0.4, -0.2) is 23.5 Å². The van der Waals surface area contributed by atoms with Crippen molar-refractivity contribution in [2.24, 2.45) is 5.73 Å². The molecule has 0 saturated heterocycles. The van der Waals surface area contributed by atoms with E-state index in [1.54, 1.807) is 12.4 Å². The summed E-state index contributed by atoms with van der Waals surface area (Å²) in [6.07, 6.45) is 4.85. The molecule has 1 heterocycles. The van der Waals surface area contributed by atoms with Crippen molar-refractivity contribution >= 4 is 30.7 Å². The molecule has 2 rings (SSSR count). The van der Waals surface area contributed by atoms with Crippen LogP contribution in [-0.2, 0) is 17.6 Å². The van der Waals surface area contributed by atoms with Crippen LogP contribution >= 0.6 is 24.8 Å². The average molecular weight is 342 g/mol. The fourth-order valence-corrected chi connectivity index (χ4v) is 1.97. The van der Waals surface area contributed by atoms with Gasteiger partial charge < -0.3 is 11.1 Å². The Morgan fingerprint density at radius 3 is 2.41 bits per heavy atom. The van der Waals surface area contributed by atoms with Crippen molar-refractivity contribution in [2.75, 3.05) is 6.54 Å². The Bertz CT molecular complexity index is 538. The maximum absolute atomic E-state index is 11.9. The van der Waals surface area contributed by atoms with Crippen LogP contribution in [0.1, 0.15) is 11.1 Å². The topological polar surface area (TPSA) is 68.0 Å². The predicted octanol–water partition coefficient (Wildman–Crippen LogP) is 2.15. The first-order valence-corrected chi connectivity index (χ1v) is 6.72. The number of nitrogens with two attached hydrogens (primary N) is 1. The molecule has 3 N–H and O–H groups in total. The van der Waals surface area contributed by atoms with Crippen LogP contribution in [0.15, 0.2) is 54.9 Å². The Labute approximate surface area is 143 Å². The van der Waals surface area contributed by atoms with E-state index in [9.17, 15) is 4.79 Å². The number of carbonyl (C=O) groups is 1. The zero-order valence-electron chi connectivity index (χ0n) is 12.1. The summed E-state index contributed by atoms with van der Waals surface area (Å²) in [5, 5.41) is 2.86. The van der Waals surface area contributed by atoms with Gasteiger partial charge in [0.25, 0.3) is 0 Å². The van der Waals surface area contributed by atoms with E-state index in [0.29, 0.717) is 13.0 Å². The van der Waals surface area contributed by atoms with Crippen molar-refractivity contribution < 1.29 is 4.79 Å². The summed E-state index contributed by atoms with van der Waals surface area (Å²) in [5.74, 6) is -0.113. The van der Waals surface area contributed by atoms with Gasteiger partial charge in [0.15, 0.2) is 0 Å². The van der Waals surface area contributed by atoms with Gasteiger partial charge in [-0.3, -0.25) is 9.78 Å². The van der Waals surface area contributed by atoms with E-state index in [-0.39, 0.29) is 30.7 Å². The van der Waals surface area contributed by atoms with Gasteiger partial charge in [-0.15, -0.1) is 24.8 Å². The van der Waals surface area contributed by atoms with Gasteiger partial charge in [0, 0.05) is 18.9 Å². The molecule has 0 radical (unpaired) electrons. The molecule has 1 amide bonds. The molecule has 6 heteroatoms. The molecule has 22 heavy (non-hydrogen) atoms. The summed E-state index contributed by atoms with van der Waals surface area (Å²) in [5.41, 5.74) is 8.08. The number of aromatic nitrogens is 1. The fraction of sp³-hybridized carbons (Fsp3) is 0.250. The molecule has 2 aromatic rings. The number of hydrogen-bond donors (Lipinski definition) is 2. The van der Waals surface area contributed by atoms with Crippen LogP contribution in [0.5, 0.6) is 0 Å². The van der Waals surface area contributed by atoms with Gasteiger partial charge in [0.05, 0.1) is 6.04 Å². The lowest BCUT2D eigenvalue weighted by atomic mass is 10.1. The zero-order valence-corrected chi connectivity index (χ0v) is 13.8. The molecule has 0 bridgehead atoms. The van der Waals surface area contributed by atoms with Crippen molar-refractivity contribution in [3.63, 3.8) is 0 Å². The lowest BCUT2D eigenvalue weighted by Gasteiger charge is -2.12. The minimum absolute atomic E-state index is 0. The zero-order chi connectivity index (χ0) is 14.2. The van der Waals surface area contributed by atoms with Crippen molar-refractivity contribution in [1.82, 2.24) is 10.3 Å². The minimum Gasteiger partial charge on any atom is -0.354 e. The van der Waals surface area contributed by atoms with Crippen LogP contribution in [0.2, 0.25) is 0 Å². The molecule has 0 saturated carbocycles. The summed E-state index contributed by atoms with van der Waals surface area (Å²) in [6, 6.07) is 13.2. The van der Waals surface area contributed by atoms with Crippen molar-refractivity contribution in [1.29, 1.82) is 0 Å². The maximum Gasteiger partial charge on any atom is 0.237 e. The highest BCUT2D eigenvalue weighted by atomic mass is 35.5. The van der Waals surface area contributed by atoms with Crippen molar-refractivity contribution in [3.8, 4) is 0 Å². The molecule has 1 aromatic carbocycles. The quantitative estimate of drug-likeness (QED) is 0.845. The van der Waals surface area contributed by atoms with Gasteiger partial charge in [-0.05, 0) is 30.0 Å². The van der Waals surface area contributed by atoms with E-state index in [2.05, 4.69) is 10.3 Å². The number of nitrogens with zero attached hydrogens (tertiary/aromatic N) is 1. The third-order valence-corrected chi connectivity index (χ3v) is 3.07. The Balaban J connectivity index is 0.00000220. The fourth-order valence-electron chi connectivity index (χ4n) is 1.97. The normalized spacial score (nSPS) is 10.8. The number of rotatable bonds is 6. The van der Waals surface area contributed by atoms with Gasteiger partial charge in [-0.25, -0.2) is 0 Å². The summed E-state index contributed by atoms with van der Waals surface area (Å²) < 4.78 is 0. The first-order valence-electron chi connectivity index (χ1n) is 6.72. The second-order valence-corrected chi connectivity index (χ2v) is 4.70. The Kier molecular flexibility index (Phi) is 10.2. The van der Waals surface area contributed by atoms with E-state index in [1.165, 1.54) is 0 Å². The number of halogens is 2. The molecular formula is C16H21Cl2N3O. The second-order valence-electron chi connectivity index (χ2n) is 4.70. The van der Waals surface area contributed by atoms with Gasteiger partial charge in [-0.1, -0.05) is 36.4 Å². The molecule has 1 atom stereocenters. The highest BCUT2D eigenvalue weighted by Crippen LogP contribution is 2.02. The third-order valence-electron chi connectivity index (χ3n) is 3.07. The molecule has 0 unspecified atom stereocenters. The number of amides is 1. The first-order chi connectivity index (χ1) is 9.75. The number of nitrogens with one attached hydrogen (secondary N) is 1. The van der Waals surface area contributed by atoms with Gasteiger partial charge >= 0.3 is 0 Å². The van der Waals surface area contributed by atoms with Crippen molar-refractivity contribution in [2.45, 2.75) is 18.9 Å². The maximum atomic E-state index is 11.9. The standard InChI is InChI=1S/C16H19N3O.2ClH/c17-15(11-13-5-2-1-3-6-13)16(20)19-10-8-14-7-4-9-18-12-14;;/h1-7,9,12,15H,8,10-11,17H2,(H,19,20);2*1H/t15-;;/m0../s1. The Morgan fingerprint density at radius 1 is 1.09 bits per heavy atom. The number of benzene rings is 1. The highest BCUT2D eigenvalue weighted by molar-refractivity contribution is 5.85. The summed E-state index contributed by atoms with van der Waals surface area (Å²) in [6.45, 7) is 0.576. The Hall–Kier alpha value is -1.62. The Morgan fingerprint density at radius 2 is 1.77 bits per heavy atom. The van der Waals surface area contributed by atoms with Crippen molar-refractivity contribution in [3.05, 3.63) is 66.0 Å². The van der Waals surface area contributed by atoms with Crippen LogP contribution < -0.4 is 11.1 Å². The SMILES string of the molecule is Cl.Cl.N[C@@H](Cc1ccccc1)C(=O)NCCc1cccnc1. The van der Waals surface area contributed by atoms with Crippen LogP contribution in [0.3, 0.4) is 0 Å². The summed E-state index contributed by atoms with van der Waals surface area (Å²) in [4.78, 5) is 15.9. The van der Waals surface area contributed by atoms with Gasteiger partial charge in [0.1, 0.15) is 0 Å². The average Bonchev–Trinajstić information content (AvgIpc) is 2.49. The molecule has 1 aromatic heterocycles. The van der Waals surface area contributed by atoms with Crippen LogP contribution in [0, 0.1) is 0 Å². The smallest absolute Gasteiger partial charge is 0.237 e. The predicted molar refractivity (Wildman–Crippen MR) is 93.6 cm³/mol. The number of hydrogen-bond acceptors (Lipinski definition) is 3. The second kappa shape index (κ2) is 11.0. The van der Waals surface area contributed by atoms with E-state index in [0.717, 1.165) is 17.5 Å². The molecule has 120 valence electrons. The third kappa shape index (κ3) is 6.89. The largest absolute Gasteiger partial charge is 0.354 e. The van der Waals surface area contributed by atoms with E-state index in [1.807, 2.05) is 42.5 Å². The van der Waals surface area contributed by atoms with Gasteiger partial charge in [-0.2, -0.15) is 0 Å². The molecule has 0 aliphatic heterocycles. The van der Waals surface area contributed by atoms with E-state index < -0.39 is 6.04 Å².